The quantitative estimate of drug-likeness (QED) is 0.0228. The Bertz CT molecular complexity index is 1920. The van der Waals surface area contributed by atoms with Crippen molar-refractivity contribution in [1.29, 1.82) is 0 Å². The average molecular weight is 1130 g/mol. The molecule has 81 heavy (non-hydrogen) atoms. The van der Waals surface area contributed by atoms with E-state index in [2.05, 4.69) is 154 Å². The van der Waals surface area contributed by atoms with Crippen LogP contribution in [0.3, 0.4) is 0 Å². The van der Waals surface area contributed by atoms with Gasteiger partial charge >= 0.3 is 23.9 Å². The van der Waals surface area contributed by atoms with Crippen LogP contribution in [0.4, 0.5) is 0 Å². The fourth-order valence-corrected chi connectivity index (χ4v) is 8.47. The summed E-state index contributed by atoms with van der Waals surface area (Å²) >= 11 is 0. The number of carboxylic acids is 1. The molecule has 0 aliphatic carbocycles. The van der Waals surface area contributed by atoms with E-state index in [0.29, 0.717) is 19.3 Å². The Kier molecular flexibility index (Phi) is 50.5. The Morgan fingerprint density at radius 3 is 1.20 bits per heavy atom. The van der Waals surface area contributed by atoms with Crippen LogP contribution in [0.1, 0.15) is 226 Å². The van der Waals surface area contributed by atoms with Crippen molar-refractivity contribution in [2.24, 2.45) is 0 Å². The molecule has 0 saturated carbocycles. The van der Waals surface area contributed by atoms with Crippen molar-refractivity contribution in [1.82, 2.24) is 0 Å². The van der Waals surface area contributed by atoms with Gasteiger partial charge in [-0.1, -0.05) is 206 Å². The van der Waals surface area contributed by atoms with E-state index in [9.17, 15) is 34.5 Å². The molecule has 0 bridgehead atoms. The van der Waals surface area contributed by atoms with Crippen LogP contribution in [0.5, 0.6) is 0 Å². The Labute approximate surface area is 490 Å². The van der Waals surface area contributed by atoms with Gasteiger partial charge in [-0.05, 0) is 135 Å². The Morgan fingerprint density at radius 1 is 0.420 bits per heavy atom. The number of allylic oxidation sites excluding steroid dienone is 22. The van der Waals surface area contributed by atoms with E-state index < -0.39 is 67.3 Å². The summed E-state index contributed by atoms with van der Waals surface area (Å²) in [7, 11) is 0. The second-order valence-corrected chi connectivity index (χ2v) is 20.6. The Morgan fingerprint density at radius 2 is 0.778 bits per heavy atom. The molecule has 6 unspecified atom stereocenters. The van der Waals surface area contributed by atoms with E-state index >= 15 is 0 Å². The second-order valence-electron chi connectivity index (χ2n) is 20.6. The van der Waals surface area contributed by atoms with Crippen molar-refractivity contribution in [2.45, 2.75) is 263 Å². The number of aliphatic hydroxyl groups excluding tert-OH is 2. The first-order valence-electron chi connectivity index (χ1n) is 31.2. The Hall–Kier alpha value is -5.14. The zero-order valence-electron chi connectivity index (χ0n) is 50.2. The van der Waals surface area contributed by atoms with E-state index in [1.807, 2.05) is 0 Å². The van der Waals surface area contributed by atoms with E-state index in [0.717, 1.165) is 141 Å². The van der Waals surface area contributed by atoms with Crippen molar-refractivity contribution in [3.8, 4) is 0 Å². The van der Waals surface area contributed by atoms with Crippen LogP contribution in [0.15, 0.2) is 134 Å². The molecule has 1 fully saturated rings. The number of aliphatic carboxylic acids is 1. The third-order valence-electron chi connectivity index (χ3n) is 13.2. The average Bonchev–Trinajstić information content (AvgIpc) is 3.46. The molecule has 0 amide bonds. The molecule has 1 aliphatic rings. The van der Waals surface area contributed by atoms with Gasteiger partial charge in [0.05, 0.1) is 6.61 Å². The summed E-state index contributed by atoms with van der Waals surface area (Å²) in [5, 5.41) is 31.5. The van der Waals surface area contributed by atoms with Gasteiger partial charge in [0.2, 0.25) is 0 Å². The zero-order chi connectivity index (χ0) is 58.9. The summed E-state index contributed by atoms with van der Waals surface area (Å²) in [5.41, 5.74) is 0. The van der Waals surface area contributed by atoms with Crippen LogP contribution in [0, 0.1) is 0 Å². The monoisotopic (exact) mass is 1130 g/mol. The highest BCUT2D eigenvalue weighted by Crippen LogP contribution is 2.26. The molecular formula is C69H108O12. The fraction of sp³-hybridized carbons (Fsp3) is 0.623. The number of hydrogen-bond acceptors (Lipinski definition) is 11. The second kappa shape index (κ2) is 55.4. The summed E-state index contributed by atoms with van der Waals surface area (Å²) in [5.74, 6) is -3.24. The lowest BCUT2D eigenvalue weighted by Crippen LogP contribution is -2.61. The molecule has 456 valence electrons. The van der Waals surface area contributed by atoms with Crippen molar-refractivity contribution < 1.29 is 58.2 Å². The van der Waals surface area contributed by atoms with Crippen molar-refractivity contribution in [3.05, 3.63) is 134 Å². The SMILES string of the molecule is CC/C=C\C/C=C\C/C=C\C/C=C\C/C=C\CCCCCC(=O)OCC(COC1OC(C(=O)O)C(O)C(O)C1OC(=O)CCCCC/C=C\C/C=C\C/C=C\CC)OC(=O)CCCCCCCC/C=C\C/C=C\C/C=C\CCCCC. The van der Waals surface area contributed by atoms with E-state index in [-0.39, 0.29) is 25.9 Å². The topological polar surface area (TPSA) is 175 Å². The maximum atomic E-state index is 13.2. The molecule has 0 aromatic carbocycles. The molecule has 0 aromatic rings. The van der Waals surface area contributed by atoms with Gasteiger partial charge in [0.1, 0.15) is 18.8 Å². The largest absolute Gasteiger partial charge is 0.479 e. The first-order valence-corrected chi connectivity index (χ1v) is 31.2. The minimum Gasteiger partial charge on any atom is -0.479 e. The lowest BCUT2D eigenvalue weighted by atomic mass is 9.98. The standard InChI is InChI=1S/C69H108O12/c1-4-7-10-13-16-19-22-25-27-29-31-33-35-38-40-43-46-49-52-55-61(70)77-58-60(79-62(71)56-53-50-47-44-42-39-36-34-32-30-28-26-23-20-17-14-11-8-5-2)59-78-69-67(65(74)64(73)66(81-69)68(75)76)80-63(72)57-54-51-48-45-41-37-24-21-18-15-12-9-6-3/h7,9-10,12,16-21,25-28,31-34,37-38,40-41,60,64-67,69,73-74H,4-6,8,11,13-15,22-24,29-30,35-36,39,42-59H2,1-3H3,(H,75,76)/b10-7-,12-9-,19-16-,20-17-,21-18-,27-25-,28-26-,33-31-,34-32-,40-38-,41-37-. The zero-order valence-corrected chi connectivity index (χ0v) is 50.2. The van der Waals surface area contributed by atoms with E-state index in [1.54, 1.807) is 0 Å². The number of aliphatic hydroxyl groups is 2. The molecule has 1 saturated heterocycles. The molecule has 0 radical (unpaired) electrons. The maximum absolute atomic E-state index is 13.2. The van der Waals surface area contributed by atoms with E-state index in [1.165, 1.54) is 25.7 Å². The van der Waals surface area contributed by atoms with Crippen molar-refractivity contribution in [2.75, 3.05) is 13.2 Å². The van der Waals surface area contributed by atoms with Crippen LogP contribution in [0.2, 0.25) is 0 Å². The van der Waals surface area contributed by atoms with Crippen LogP contribution >= 0.6 is 0 Å². The predicted molar refractivity (Wildman–Crippen MR) is 330 cm³/mol. The number of hydrogen-bond donors (Lipinski definition) is 3. The molecule has 0 spiro atoms. The molecule has 0 aromatic heterocycles. The van der Waals surface area contributed by atoms with Gasteiger partial charge in [-0.15, -0.1) is 0 Å². The summed E-state index contributed by atoms with van der Waals surface area (Å²) in [6.45, 7) is 5.68. The number of esters is 3. The third kappa shape index (κ3) is 45.1. The molecular weight excluding hydrogens is 1020 g/mol. The van der Waals surface area contributed by atoms with Crippen molar-refractivity contribution >= 4 is 23.9 Å². The lowest BCUT2D eigenvalue weighted by Gasteiger charge is -2.40. The number of carbonyl (C=O) groups is 4. The first kappa shape index (κ1) is 73.9. The molecule has 12 nitrogen and oxygen atoms in total. The molecule has 1 rings (SSSR count). The highest BCUT2D eigenvalue weighted by atomic mass is 16.7. The fourth-order valence-electron chi connectivity index (χ4n) is 8.47. The number of carbonyl (C=O) groups excluding carboxylic acids is 3. The molecule has 1 aliphatic heterocycles. The van der Waals surface area contributed by atoms with Gasteiger partial charge in [0, 0.05) is 19.3 Å². The minimum absolute atomic E-state index is 0.0129. The van der Waals surface area contributed by atoms with Gasteiger partial charge in [0.15, 0.2) is 24.6 Å². The lowest BCUT2D eigenvalue weighted by molar-refractivity contribution is -0.301. The van der Waals surface area contributed by atoms with E-state index in [4.69, 9.17) is 23.7 Å². The van der Waals surface area contributed by atoms with Crippen LogP contribution in [-0.4, -0.2) is 89.2 Å². The van der Waals surface area contributed by atoms with Crippen molar-refractivity contribution in [3.63, 3.8) is 0 Å². The molecule has 1 heterocycles. The van der Waals surface area contributed by atoms with Gasteiger partial charge in [0.25, 0.3) is 0 Å². The van der Waals surface area contributed by atoms with Crippen LogP contribution in [-0.2, 0) is 42.9 Å². The summed E-state index contributed by atoms with van der Waals surface area (Å²) in [6, 6.07) is 0. The normalized spacial score (nSPS) is 18.7. The van der Waals surface area contributed by atoms with Gasteiger partial charge < -0.3 is 39.0 Å². The summed E-state index contributed by atoms with van der Waals surface area (Å²) < 4.78 is 28.4. The van der Waals surface area contributed by atoms with Crippen LogP contribution < -0.4 is 0 Å². The van der Waals surface area contributed by atoms with Crippen LogP contribution in [0.25, 0.3) is 0 Å². The Balaban J connectivity index is 2.73. The first-order chi connectivity index (χ1) is 39.6. The highest BCUT2D eigenvalue weighted by Gasteiger charge is 2.50. The molecule has 6 atom stereocenters. The molecule has 12 heteroatoms. The third-order valence-corrected chi connectivity index (χ3v) is 13.2. The predicted octanol–water partition coefficient (Wildman–Crippen LogP) is 16.6. The smallest absolute Gasteiger partial charge is 0.335 e. The van der Waals surface area contributed by atoms with Gasteiger partial charge in [-0.3, -0.25) is 14.4 Å². The highest BCUT2D eigenvalue weighted by molar-refractivity contribution is 5.74. The number of carboxylic acid groups (broad SMARTS) is 1. The minimum atomic E-state index is -1.93. The summed E-state index contributed by atoms with van der Waals surface area (Å²) in [6.07, 6.45) is 65.6. The number of unbranched alkanes of at least 4 members (excludes halogenated alkanes) is 15. The van der Waals surface area contributed by atoms with Gasteiger partial charge in [-0.2, -0.15) is 0 Å². The summed E-state index contributed by atoms with van der Waals surface area (Å²) in [4.78, 5) is 51.2. The number of rotatable bonds is 51. The maximum Gasteiger partial charge on any atom is 0.335 e. The van der Waals surface area contributed by atoms with Gasteiger partial charge in [-0.25, -0.2) is 4.79 Å². The molecule has 3 N–H and O–H groups in total. The number of ether oxygens (including phenoxy) is 5.